The zero-order chi connectivity index (χ0) is 15.1. The second kappa shape index (κ2) is 5.56. The molecule has 0 aromatic carbocycles. The van der Waals surface area contributed by atoms with E-state index in [9.17, 15) is 0 Å². The van der Waals surface area contributed by atoms with Crippen molar-refractivity contribution in [1.29, 1.82) is 0 Å². The molecule has 0 aliphatic carbocycles. The molecule has 4 nitrogen and oxygen atoms in total. The van der Waals surface area contributed by atoms with Crippen LogP contribution in [0, 0.1) is 12.8 Å². The molecule has 0 radical (unpaired) electrons. The molecule has 5 heteroatoms. The van der Waals surface area contributed by atoms with Crippen LogP contribution in [0.25, 0.3) is 15.9 Å². The fourth-order valence-corrected chi connectivity index (χ4v) is 4.13. The van der Waals surface area contributed by atoms with E-state index >= 15 is 0 Å². The van der Waals surface area contributed by atoms with E-state index in [4.69, 9.17) is 9.72 Å². The third-order valence-electron chi connectivity index (χ3n) is 4.63. The number of thiophene rings is 1. The zero-order valence-electron chi connectivity index (χ0n) is 13.1. The summed E-state index contributed by atoms with van der Waals surface area (Å²) in [6, 6.07) is 4.16. The van der Waals surface area contributed by atoms with E-state index in [1.165, 1.54) is 37.0 Å². The normalized spacial score (nSPS) is 17.5. The van der Waals surface area contributed by atoms with Crippen LogP contribution in [0.5, 0.6) is 5.88 Å². The van der Waals surface area contributed by atoms with Gasteiger partial charge >= 0.3 is 0 Å². The molecule has 116 valence electrons. The Labute approximate surface area is 134 Å². The molecule has 0 amide bonds. The van der Waals surface area contributed by atoms with Crippen molar-refractivity contribution in [2.75, 3.05) is 26.7 Å². The first kappa shape index (κ1) is 14.0. The predicted molar refractivity (Wildman–Crippen MR) is 91.0 cm³/mol. The number of aromatic nitrogens is 2. The molecule has 1 saturated heterocycles. The summed E-state index contributed by atoms with van der Waals surface area (Å²) in [6.45, 7) is 5.26. The Morgan fingerprint density at radius 2 is 2.18 bits per heavy atom. The summed E-state index contributed by atoms with van der Waals surface area (Å²) >= 11 is 1.69. The van der Waals surface area contributed by atoms with E-state index in [1.54, 1.807) is 11.3 Å². The van der Waals surface area contributed by atoms with Gasteiger partial charge in [-0.3, -0.25) is 0 Å². The lowest BCUT2D eigenvalue weighted by molar-refractivity contribution is 0.158. The molecular weight excluding hydrogens is 294 g/mol. The predicted octanol–water partition coefficient (Wildman–Crippen LogP) is 3.58. The number of aryl methyl sites for hydroxylation is 1. The van der Waals surface area contributed by atoms with Crippen LogP contribution in [0.15, 0.2) is 23.7 Å². The van der Waals surface area contributed by atoms with Gasteiger partial charge in [-0.2, -0.15) is 4.98 Å². The minimum absolute atomic E-state index is 0.647. The quantitative estimate of drug-likeness (QED) is 0.740. The largest absolute Gasteiger partial charge is 0.476 e. The smallest absolute Gasteiger partial charge is 0.239 e. The van der Waals surface area contributed by atoms with Crippen LogP contribution < -0.4 is 4.74 Å². The minimum atomic E-state index is 0.647. The van der Waals surface area contributed by atoms with Crippen molar-refractivity contribution in [2.45, 2.75) is 19.8 Å². The van der Waals surface area contributed by atoms with Crippen LogP contribution in [0.1, 0.15) is 18.4 Å². The maximum atomic E-state index is 6.13. The van der Waals surface area contributed by atoms with Gasteiger partial charge in [0.1, 0.15) is 10.3 Å². The van der Waals surface area contributed by atoms with E-state index in [1.807, 2.05) is 0 Å². The van der Waals surface area contributed by atoms with Crippen LogP contribution in [0.4, 0.5) is 0 Å². The molecule has 0 N–H and O–H groups in total. The topological polar surface area (TPSA) is 29.8 Å². The van der Waals surface area contributed by atoms with Crippen LogP contribution in [-0.2, 0) is 0 Å². The number of rotatable bonds is 3. The van der Waals surface area contributed by atoms with Crippen molar-refractivity contribution in [3.63, 3.8) is 0 Å². The molecule has 0 atom stereocenters. The lowest BCUT2D eigenvalue weighted by Crippen LogP contribution is -2.32. The van der Waals surface area contributed by atoms with Crippen molar-refractivity contribution in [2.24, 2.45) is 5.92 Å². The van der Waals surface area contributed by atoms with Gasteiger partial charge in [0.25, 0.3) is 0 Å². The number of piperidine rings is 1. The van der Waals surface area contributed by atoms with Gasteiger partial charge in [0.05, 0.1) is 12.1 Å². The molecule has 1 fully saturated rings. The average Bonchev–Trinajstić information content (AvgIpc) is 3.13. The van der Waals surface area contributed by atoms with Crippen LogP contribution in [-0.4, -0.2) is 41.0 Å². The van der Waals surface area contributed by atoms with E-state index < -0.39 is 0 Å². The lowest BCUT2D eigenvalue weighted by Gasteiger charge is -2.28. The van der Waals surface area contributed by atoms with Gasteiger partial charge in [-0.1, -0.05) is 0 Å². The highest BCUT2D eigenvalue weighted by Gasteiger charge is 2.19. The van der Waals surface area contributed by atoms with Gasteiger partial charge in [-0.25, -0.2) is 0 Å². The van der Waals surface area contributed by atoms with Crippen molar-refractivity contribution < 1.29 is 4.74 Å². The Morgan fingerprint density at radius 3 is 3.00 bits per heavy atom. The number of hydrogen-bond acceptors (Lipinski definition) is 4. The SMILES string of the molecule is Cc1csc2nc(OCC3CCN(C)CC3)c3cccn3c12. The Morgan fingerprint density at radius 1 is 1.36 bits per heavy atom. The molecule has 4 heterocycles. The second-order valence-electron chi connectivity index (χ2n) is 6.31. The Balaban J connectivity index is 1.62. The summed E-state index contributed by atoms with van der Waals surface area (Å²) in [5.74, 6) is 1.42. The van der Waals surface area contributed by atoms with Gasteiger partial charge in [0.2, 0.25) is 5.88 Å². The summed E-state index contributed by atoms with van der Waals surface area (Å²) in [5, 5.41) is 2.16. The Kier molecular flexibility index (Phi) is 3.54. The summed E-state index contributed by atoms with van der Waals surface area (Å²) < 4.78 is 8.33. The molecule has 0 saturated carbocycles. The van der Waals surface area contributed by atoms with Gasteiger partial charge < -0.3 is 14.0 Å². The zero-order valence-corrected chi connectivity index (χ0v) is 13.9. The van der Waals surface area contributed by atoms with Gasteiger partial charge in [-0.05, 0) is 68.9 Å². The fraction of sp³-hybridized carbons (Fsp3) is 0.471. The van der Waals surface area contributed by atoms with Gasteiger partial charge in [0.15, 0.2) is 0 Å². The van der Waals surface area contributed by atoms with Crippen molar-refractivity contribution >= 4 is 27.2 Å². The second-order valence-corrected chi connectivity index (χ2v) is 7.17. The van der Waals surface area contributed by atoms with E-state index in [0.29, 0.717) is 5.92 Å². The molecule has 22 heavy (non-hydrogen) atoms. The van der Waals surface area contributed by atoms with Gasteiger partial charge in [0, 0.05) is 6.20 Å². The maximum absolute atomic E-state index is 6.13. The standard InChI is InChI=1S/C17H21N3OS/c1-12-11-22-17-15(12)20-7-3-4-14(20)16(18-17)21-10-13-5-8-19(2)9-6-13/h3-4,7,11,13H,5-6,8-10H2,1-2H3. The summed E-state index contributed by atoms with van der Waals surface area (Å²) in [7, 11) is 2.19. The summed E-state index contributed by atoms with van der Waals surface area (Å²) in [4.78, 5) is 8.21. The molecule has 3 aromatic rings. The number of nitrogens with zero attached hydrogens (tertiary/aromatic N) is 3. The first-order chi connectivity index (χ1) is 10.7. The molecule has 0 unspecified atom stereocenters. The molecule has 1 aliphatic heterocycles. The highest BCUT2D eigenvalue weighted by molar-refractivity contribution is 7.16. The number of ether oxygens (including phenoxy) is 1. The lowest BCUT2D eigenvalue weighted by atomic mass is 9.98. The van der Waals surface area contributed by atoms with E-state index in [-0.39, 0.29) is 0 Å². The highest BCUT2D eigenvalue weighted by Crippen LogP contribution is 2.30. The molecule has 4 rings (SSSR count). The molecule has 1 aliphatic rings. The van der Waals surface area contributed by atoms with Crippen molar-refractivity contribution in [1.82, 2.24) is 14.3 Å². The van der Waals surface area contributed by atoms with Crippen LogP contribution in [0.2, 0.25) is 0 Å². The molecule has 3 aromatic heterocycles. The summed E-state index contributed by atoms with van der Waals surface area (Å²) in [6.07, 6.45) is 4.53. The maximum Gasteiger partial charge on any atom is 0.239 e. The fourth-order valence-electron chi connectivity index (χ4n) is 3.23. The highest BCUT2D eigenvalue weighted by atomic mass is 32.1. The molecular formula is C17H21N3OS. The minimum Gasteiger partial charge on any atom is -0.476 e. The first-order valence-corrected chi connectivity index (χ1v) is 8.76. The Bertz CT molecular complexity index is 799. The first-order valence-electron chi connectivity index (χ1n) is 7.88. The third-order valence-corrected chi connectivity index (χ3v) is 5.61. The Hall–Kier alpha value is -1.59. The van der Waals surface area contributed by atoms with E-state index in [0.717, 1.165) is 22.8 Å². The third kappa shape index (κ3) is 2.38. The van der Waals surface area contributed by atoms with Gasteiger partial charge in [-0.15, -0.1) is 11.3 Å². The monoisotopic (exact) mass is 315 g/mol. The van der Waals surface area contributed by atoms with Crippen molar-refractivity contribution in [3.8, 4) is 5.88 Å². The van der Waals surface area contributed by atoms with Crippen LogP contribution in [0.3, 0.4) is 0 Å². The van der Waals surface area contributed by atoms with Crippen LogP contribution >= 0.6 is 11.3 Å². The molecule has 0 spiro atoms. The van der Waals surface area contributed by atoms with E-state index in [2.05, 4.69) is 47.0 Å². The average molecular weight is 315 g/mol. The number of likely N-dealkylation sites (tertiary alicyclic amines) is 1. The summed E-state index contributed by atoms with van der Waals surface area (Å²) in [5.41, 5.74) is 3.55. The molecule has 0 bridgehead atoms. The van der Waals surface area contributed by atoms with Crippen molar-refractivity contribution in [3.05, 3.63) is 29.3 Å². The number of fused-ring (bicyclic) bond motifs is 3. The number of hydrogen-bond donors (Lipinski definition) is 0.